The smallest absolute Gasteiger partial charge is 0.335 e. The van der Waals surface area contributed by atoms with E-state index >= 15 is 0 Å². The number of hydrogen-bond acceptors (Lipinski definition) is 7. The van der Waals surface area contributed by atoms with E-state index in [2.05, 4.69) is 5.32 Å². The summed E-state index contributed by atoms with van der Waals surface area (Å²) >= 11 is 0. The predicted molar refractivity (Wildman–Crippen MR) is 75.5 cm³/mol. The molecule has 7 nitrogen and oxygen atoms in total. The first kappa shape index (κ1) is 19.4. The van der Waals surface area contributed by atoms with Crippen molar-refractivity contribution in [2.75, 3.05) is 19.8 Å². The predicted octanol–water partition coefficient (Wildman–Crippen LogP) is 0.803. The van der Waals surface area contributed by atoms with Crippen molar-refractivity contribution in [3.05, 3.63) is 0 Å². The van der Waals surface area contributed by atoms with Crippen LogP contribution in [-0.4, -0.2) is 49.3 Å². The fourth-order valence-corrected chi connectivity index (χ4v) is 1.40. The Morgan fingerprint density at radius 1 is 1.00 bits per heavy atom. The van der Waals surface area contributed by atoms with Crippen LogP contribution >= 0.6 is 0 Å². The standard InChI is InChI=1S/C14H25NO6/c1-6-19-10(16)8-9-15-11(12(17)20-7-2)13(18)21-14(3,4)5/h11,15H,6-9H2,1-5H3. The van der Waals surface area contributed by atoms with Crippen LogP contribution in [0.15, 0.2) is 0 Å². The van der Waals surface area contributed by atoms with Gasteiger partial charge < -0.3 is 14.2 Å². The summed E-state index contributed by atoms with van der Waals surface area (Å²) in [7, 11) is 0. The molecule has 122 valence electrons. The lowest BCUT2D eigenvalue weighted by Gasteiger charge is -2.23. The summed E-state index contributed by atoms with van der Waals surface area (Å²) < 4.78 is 14.7. The zero-order chi connectivity index (χ0) is 16.5. The van der Waals surface area contributed by atoms with E-state index in [0.717, 1.165) is 0 Å². The van der Waals surface area contributed by atoms with Gasteiger partial charge in [-0.05, 0) is 34.6 Å². The molecule has 0 aliphatic heterocycles. The molecule has 0 spiro atoms. The van der Waals surface area contributed by atoms with Crippen LogP contribution in [0.25, 0.3) is 0 Å². The van der Waals surface area contributed by atoms with Gasteiger partial charge >= 0.3 is 17.9 Å². The van der Waals surface area contributed by atoms with Gasteiger partial charge in [-0.2, -0.15) is 0 Å². The second-order valence-corrected chi connectivity index (χ2v) is 5.23. The first-order valence-electron chi connectivity index (χ1n) is 6.99. The third-order valence-electron chi connectivity index (χ3n) is 2.15. The van der Waals surface area contributed by atoms with Gasteiger partial charge in [0, 0.05) is 6.54 Å². The fraction of sp³-hybridized carbons (Fsp3) is 0.786. The molecule has 0 rings (SSSR count). The highest BCUT2D eigenvalue weighted by Crippen LogP contribution is 2.09. The van der Waals surface area contributed by atoms with Crippen LogP contribution < -0.4 is 5.32 Å². The highest BCUT2D eigenvalue weighted by atomic mass is 16.6. The summed E-state index contributed by atoms with van der Waals surface area (Å²) in [6.45, 7) is 8.99. The van der Waals surface area contributed by atoms with E-state index < -0.39 is 29.6 Å². The third-order valence-corrected chi connectivity index (χ3v) is 2.15. The molecule has 0 aliphatic rings. The summed E-state index contributed by atoms with van der Waals surface area (Å²) in [4.78, 5) is 35.0. The minimum atomic E-state index is -1.25. The van der Waals surface area contributed by atoms with Crippen molar-refractivity contribution in [1.82, 2.24) is 5.32 Å². The zero-order valence-electron chi connectivity index (χ0n) is 13.4. The molecule has 0 radical (unpaired) electrons. The van der Waals surface area contributed by atoms with E-state index in [1.54, 1.807) is 34.6 Å². The van der Waals surface area contributed by atoms with Crippen molar-refractivity contribution in [3.8, 4) is 0 Å². The Labute approximate surface area is 125 Å². The highest BCUT2D eigenvalue weighted by Gasteiger charge is 2.32. The molecule has 0 aromatic rings. The van der Waals surface area contributed by atoms with Crippen molar-refractivity contribution in [1.29, 1.82) is 0 Å². The van der Waals surface area contributed by atoms with E-state index in [1.807, 2.05) is 0 Å². The van der Waals surface area contributed by atoms with Crippen molar-refractivity contribution in [2.24, 2.45) is 0 Å². The molecule has 0 amide bonds. The van der Waals surface area contributed by atoms with Crippen LogP contribution in [0.4, 0.5) is 0 Å². The second kappa shape index (κ2) is 9.33. The average molecular weight is 303 g/mol. The van der Waals surface area contributed by atoms with Crippen LogP contribution in [0.5, 0.6) is 0 Å². The van der Waals surface area contributed by atoms with E-state index in [9.17, 15) is 14.4 Å². The Kier molecular flexibility index (Phi) is 8.61. The van der Waals surface area contributed by atoms with E-state index in [-0.39, 0.29) is 26.2 Å². The molecule has 0 aromatic heterocycles. The Morgan fingerprint density at radius 3 is 2.05 bits per heavy atom. The third kappa shape index (κ3) is 9.01. The molecule has 1 N–H and O–H groups in total. The molecular weight excluding hydrogens is 278 g/mol. The summed E-state index contributed by atoms with van der Waals surface area (Å²) in [5.41, 5.74) is -0.718. The van der Waals surface area contributed by atoms with Crippen molar-refractivity contribution in [3.63, 3.8) is 0 Å². The van der Waals surface area contributed by atoms with Crippen LogP contribution in [0.1, 0.15) is 41.0 Å². The van der Waals surface area contributed by atoms with Gasteiger partial charge in [0.1, 0.15) is 5.60 Å². The minimum absolute atomic E-state index is 0.0482. The summed E-state index contributed by atoms with van der Waals surface area (Å²) in [5, 5.41) is 2.67. The SMILES string of the molecule is CCOC(=O)CCNC(C(=O)OCC)C(=O)OC(C)(C)C. The van der Waals surface area contributed by atoms with Gasteiger partial charge in [-0.3, -0.25) is 10.1 Å². The number of ether oxygens (including phenoxy) is 3. The number of carbonyl (C=O) groups excluding carboxylic acids is 3. The van der Waals surface area contributed by atoms with Gasteiger partial charge in [-0.1, -0.05) is 0 Å². The van der Waals surface area contributed by atoms with E-state index in [1.165, 1.54) is 0 Å². The topological polar surface area (TPSA) is 90.9 Å². The fourth-order valence-electron chi connectivity index (χ4n) is 1.40. The first-order valence-corrected chi connectivity index (χ1v) is 6.99. The molecule has 0 saturated carbocycles. The van der Waals surface area contributed by atoms with Gasteiger partial charge in [0.2, 0.25) is 6.04 Å². The lowest BCUT2D eigenvalue weighted by Crippen LogP contribution is -2.48. The monoisotopic (exact) mass is 303 g/mol. The van der Waals surface area contributed by atoms with E-state index in [0.29, 0.717) is 0 Å². The van der Waals surface area contributed by atoms with Crippen molar-refractivity contribution < 1.29 is 28.6 Å². The summed E-state index contributed by atoms with van der Waals surface area (Å²) in [6, 6.07) is -1.25. The van der Waals surface area contributed by atoms with Crippen LogP contribution in [0, 0.1) is 0 Å². The van der Waals surface area contributed by atoms with Gasteiger partial charge in [-0.25, -0.2) is 9.59 Å². The molecule has 0 heterocycles. The molecule has 1 unspecified atom stereocenters. The molecule has 1 atom stereocenters. The number of esters is 3. The quantitative estimate of drug-likeness (QED) is 0.403. The summed E-state index contributed by atoms with van der Waals surface area (Å²) in [6.07, 6.45) is 0.0482. The van der Waals surface area contributed by atoms with Gasteiger partial charge in [0.15, 0.2) is 0 Å². The van der Waals surface area contributed by atoms with Gasteiger partial charge in [0.05, 0.1) is 19.6 Å². The molecule has 0 bridgehead atoms. The number of nitrogens with one attached hydrogen (secondary N) is 1. The number of rotatable bonds is 8. The average Bonchev–Trinajstić information content (AvgIpc) is 2.32. The molecule has 0 saturated heterocycles. The Hall–Kier alpha value is -1.63. The summed E-state index contributed by atoms with van der Waals surface area (Å²) in [5.74, 6) is -1.86. The van der Waals surface area contributed by atoms with Crippen LogP contribution in [0.2, 0.25) is 0 Å². The maximum absolute atomic E-state index is 12.0. The molecule has 7 heteroatoms. The number of carbonyl (C=O) groups is 3. The Bertz CT molecular complexity index is 361. The minimum Gasteiger partial charge on any atom is -0.466 e. The normalized spacial score (nSPS) is 12.4. The molecular formula is C14H25NO6. The van der Waals surface area contributed by atoms with Gasteiger partial charge in [-0.15, -0.1) is 0 Å². The lowest BCUT2D eigenvalue weighted by atomic mass is 10.2. The van der Waals surface area contributed by atoms with Crippen molar-refractivity contribution in [2.45, 2.75) is 52.7 Å². The maximum atomic E-state index is 12.0. The van der Waals surface area contributed by atoms with Gasteiger partial charge in [0.25, 0.3) is 0 Å². The molecule has 0 aromatic carbocycles. The Balaban J connectivity index is 4.57. The molecule has 21 heavy (non-hydrogen) atoms. The van der Waals surface area contributed by atoms with E-state index in [4.69, 9.17) is 14.2 Å². The largest absolute Gasteiger partial charge is 0.466 e. The highest BCUT2D eigenvalue weighted by molar-refractivity contribution is 5.99. The zero-order valence-corrected chi connectivity index (χ0v) is 13.4. The van der Waals surface area contributed by atoms with Crippen LogP contribution in [-0.2, 0) is 28.6 Å². The molecule has 0 aliphatic carbocycles. The van der Waals surface area contributed by atoms with Crippen LogP contribution in [0.3, 0.4) is 0 Å². The lowest BCUT2D eigenvalue weighted by molar-refractivity contribution is -0.165. The Morgan fingerprint density at radius 2 is 1.57 bits per heavy atom. The first-order chi connectivity index (χ1) is 9.71. The maximum Gasteiger partial charge on any atom is 0.335 e. The number of hydrogen-bond donors (Lipinski definition) is 1. The van der Waals surface area contributed by atoms with Crippen molar-refractivity contribution >= 4 is 17.9 Å². The molecule has 0 fully saturated rings. The second-order valence-electron chi connectivity index (χ2n) is 5.23.